The zero-order valence-electron chi connectivity index (χ0n) is 6.71. The summed E-state index contributed by atoms with van der Waals surface area (Å²) in [5, 5.41) is 0. The molecule has 0 spiro atoms. The van der Waals surface area contributed by atoms with Crippen molar-refractivity contribution in [3.63, 3.8) is 0 Å². The van der Waals surface area contributed by atoms with Crippen molar-refractivity contribution in [3.8, 4) is 0 Å². The largest absolute Gasteiger partial charge is 0.300 e. The molecule has 0 heterocycles. The molecule has 58 valence electrons. The molecule has 0 unspecified atom stereocenters. The van der Waals surface area contributed by atoms with E-state index in [9.17, 15) is 4.79 Å². The lowest BCUT2D eigenvalue weighted by molar-refractivity contribution is -0.116. The van der Waals surface area contributed by atoms with Gasteiger partial charge in [0.1, 0.15) is 5.78 Å². The van der Waals surface area contributed by atoms with Crippen LogP contribution >= 0.6 is 0 Å². The van der Waals surface area contributed by atoms with E-state index in [2.05, 4.69) is 12.2 Å². The van der Waals surface area contributed by atoms with Crippen molar-refractivity contribution < 1.29 is 4.79 Å². The zero-order chi connectivity index (χ0) is 8.10. The highest BCUT2D eigenvalue weighted by Gasteiger charge is 1.97. The second-order valence-electron chi connectivity index (χ2n) is 2.68. The van der Waals surface area contributed by atoms with Crippen molar-refractivity contribution in [2.45, 2.75) is 19.8 Å². The average molecular weight is 148 g/mol. The molecule has 1 aliphatic rings. The molecule has 0 atom stereocenters. The normalized spacial score (nSPS) is 15.9. The smallest absolute Gasteiger partial charge is 0.134 e. The van der Waals surface area contributed by atoms with Crippen LogP contribution in [-0.4, -0.2) is 5.78 Å². The summed E-state index contributed by atoms with van der Waals surface area (Å²) in [6.07, 6.45) is 11.6. The first-order chi connectivity index (χ1) is 5.29. The number of hydrogen-bond donors (Lipinski definition) is 0. The molecule has 1 rings (SSSR count). The van der Waals surface area contributed by atoms with Crippen LogP contribution in [0.15, 0.2) is 36.0 Å². The van der Waals surface area contributed by atoms with E-state index < -0.39 is 0 Å². The van der Waals surface area contributed by atoms with E-state index in [4.69, 9.17) is 0 Å². The third-order valence-electron chi connectivity index (χ3n) is 1.53. The Hall–Kier alpha value is -1.11. The predicted molar refractivity (Wildman–Crippen MR) is 46.3 cm³/mol. The van der Waals surface area contributed by atoms with Crippen LogP contribution in [0.4, 0.5) is 0 Å². The molecule has 0 fully saturated rings. The van der Waals surface area contributed by atoms with Crippen LogP contribution in [0.25, 0.3) is 0 Å². The molecule has 0 aromatic rings. The van der Waals surface area contributed by atoms with Gasteiger partial charge in [0.25, 0.3) is 0 Å². The molecule has 0 amide bonds. The topological polar surface area (TPSA) is 17.1 Å². The summed E-state index contributed by atoms with van der Waals surface area (Å²) in [6, 6.07) is 0. The summed E-state index contributed by atoms with van der Waals surface area (Å²) in [4.78, 5) is 10.7. The van der Waals surface area contributed by atoms with Gasteiger partial charge < -0.3 is 0 Å². The van der Waals surface area contributed by atoms with Gasteiger partial charge in [0.05, 0.1) is 0 Å². The van der Waals surface area contributed by atoms with Gasteiger partial charge in [0.2, 0.25) is 0 Å². The third kappa shape index (κ3) is 2.99. The van der Waals surface area contributed by atoms with Gasteiger partial charge in [0, 0.05) is 6.42 Å². The Bertz CT molecular complexity index is 231. The van der Waals surface area contributed by atoms with Gasteiger partial charge in [-0.15, -0.1) is 0 Å². The summed E-state index contributed by atoms with van der Waals surface area (Å²) in [5.74, 6) is 0.225. The Balaban J connectivity index is 2.58. The maximum Gasteiger partial charge on any atom is 0.134 e. The molecule has 11 heavy (non-hydrogen) atoms. The summed E-state index contributed by atoms with van der Waals surface area (Å²) in [6.45, 7) is 1.62. The van der Waals surface area contributed by atoms with Crippen LogP contribution in [0.2, 0.25) is 0 Å². The van der Waals surface area contributed by atoms with Crippen LogP contribution in [0.3, 0.4) is 0 Å². The Morgan fingerprint density at radius 2 is 2.36 bits per heavy atom. The highest BCUT2D eigenvalue weighted by atomic mass is 16.1. The van der Waals surface area contributed by atoms with Crippen LogP contribution in [0, 0.1) is 0 Å². The molecule has 0 saturated carbocycles. The Morgan fingerprint density at radius 3 is 3.09 bits per heavy atom. The molecule has 0 bridgehead atoms. The van der Waals surface area contributed by atoms with Gasteiger partial charge in [-0.2, -0.15) is 0 Å². The maximum absolute atomic E-state index is 10.7. The fraction of sp³-hybridized carbons (Fsp3) is 0.300. The minimum Gasteiger partial charge on any atom is -0.300 e. The molecule has 1 aliphatic carbocycles. The van der Waals surface area contributed by atoms with Crippen molar-refractivity contribution in [2.75, 3.05) is 0 Å². The standard InChI is InChI=1S/C10H12O/c1-9(11)8-10-6-4-2-3-5-7-10/h2-4,6-7H,5,8H2,1H3. The quantitative estimate of drug-likeness (QED) is 0.587. The SMILES string of the molecule is CC(=O)CC1=CCC=CC=C1. The Kier molecular flexibility index (Phi) is 2.84. The lowest BCUT2D eigenvalue weighted by atomic mass is 10.1. The lowest BCUT2D eigenvalue weighted by Gasteiger charge is -1.94. The first-order valence-electron chi connectivity index (χ1n) is 3.81. The number of ketones is 1. The van der Waals surface area contributed by atoms with E-state index in [-0.39, 0.29) is 5.78 Å². The predicted octanol–water partition coefficient (Wildman–Crippen LogP) is 2.41. The monoisotopic (exact) mass is 148 g/mol. The Morgan fingerprint density at radius 1 is 1.55 bits per heavy atom. The zero-order valence-corrected chi connectivity index (χ0v) is 6.71. The summed E-state index contributed by atoms with van der Waals surface area (Å²) in [5.41, 5.74) is 1.13. The molecule has 0 aromatic heterocycles. The van der Waals surface area contributed by atoms with Crippen LogP contribution < -0.4 is 0 Å². The number of allylic oxidation sites excluding steroid dienone is 6. The minimum absolute atomic E-state index is 0.225. The molecule has 0 aliphatic heterocycles. The van der Waals surface area contributed by atoms with E-state index in [0.717, 1.165) is 12.0 Å². The summed E-state index contributed by atoms with van der Waals surface area (Å²) >= 11 is 0. The first-order valence-corrected chi connectivity index (χ1v) is 3.81. The number of rotatable bonds is 2. The van der Waals surface area contributed by atoms with Crippen molar-refractivity contribution in [1.29, 1.82) is 0 Å². The second-order valence-corrected chi connectivity index (χ2v) is 2.68. The van der Waals surface area contributed by atoms with Gasteiger partial charge in [0.15, 0.2) is 0 Å². The molecular weight excluding hydrogens is 136 g/mol. The molecule has 1 nitrogen and oxygen atoms in total. The van der Waals surface area contributed by atoms with Crippen LogP contribution in [0.1, 0.15) is 19.8 Å². The molecule has 0 N–H and O–H groups in total. The van der Waals surface area contributed by atoms with E-state index in [1.807, 2.05) is 18.2 Å². The van der Waals surface area contributed by atoms with Crippen molar-refractivity contribution >= 4 is 5.78 Å². The van der Waals surface area contributed by atoms with Gasteiger partial charge in [-0.25, -0.2) is 0 Å². The van der Waals surface area contributed by atoms with E-state index in [1.54, 1.807) is 6.92 Å². The fourth-order valence-electron chi connectivity index (χ4n) is 1.04. The van der Waals surface area contributed by atoms with Gasteiger partial charge in [-0.3, -0.25) is 4.79 Å². The first kappa shape index (κ1) is 7.99. The average Bonchev–Trinajstić information content (AvgIpc) is 2.14. The summed E-state index contributed by atoms with van der Waals surface area (Å²) in [7, 11) is 0. The highest BCUT2D eigenvalue weighted by molar-refractivity contribution is 5.78. The number of Topliss-reactive ketones (excluding diaryl/α,β-unsaturated/α-hetero) is 1. The van der Waals surface area contributed by atoms with Crippen LogP contribution in [0.5, 0.6) is 0 Å². The third-order valence-corrected chi connectivity index (χ3v) is 1.53. The maximum atomic E-state index is 10.7. The Labute approximate surface area is 67.1 Å². The highest BCUT2D eigenvalue weighted by Crippen LogP contribution is 2.08. The van der Waals surface area contributed by atoms with Crippen molar-refractivity contribution in [1.82, 2.24) is 0 Å². The van der Waals surface area contributed by atoms with E-state index in [1.165, 1.54) is 0 Å². The number of carbonyl (C=O) groups is 1. The lowest BCUT2D eigenvalue weighted by Crippen LogP contribution is -1.90. The van der Waals surface area contributed by atoms with Crippen molar-refractivity contribution in [2.24, 2.45) is 0 Å². The van der Waals surface area contributed by atoms with Gasteiger partial charge in [-0.1, -0.05) is 30.4 Å². The molecule has 0 radical (unpaired) electrons. The van der Waals surface area contributed by atoms with Crippen LogP contribution in [-0.2, 0) is 4.79 Å². The summed E-state index contributed by atoms with van der Waals surface area (Å²) < 4.78 is 0. The molecule has 1 heteroatoms. The molecular formula is C10H12O. The number of hydrogen-bond acceptors (Lipinski definition) is 1. The van der Waals surface area contributed by atoms with E-state index in [0.29, 0.717) is 6.42 Å². The molecule has 0 saturated heterocycles. The second kappa shape index (κ2) is 3.91. The van der Waals surface area contributed by atoms with Crippen molar-refractivity contribution in [3.05, 3.63) is 36.0 Å². The molecule has 0 aromatic carbocycles. The number of carbonyl (C=O) groups excluding carboxylic acids is 1. The van der Waals surface area contributed by atoms with Gasteiger partial charge in [-0.05, 0) is 18.9 Å². The van der Waals surface area contributed by atoms with E-state index >= 15 is 0 Å². The van der Waals surface area contributed by atoms with Gasteiger partial charge >= 0.3 is 0 Å². The fourth-order valence-corrected chi connectivity index (χ4v) is 1.04. The minimum atomic E-state index is 0.225.